The van der Waals surface area contributed by atoms with Crippen molar-refractivity contribution in [1.29, 1.82) is 0 Å². The minimum atomic E-state index is -1.49. The van der Waals surface area contributed by atoms with Crippen molar-refractivity contribution in [3.63, 3.8) is 0 Å². The molecule has 6 heteroatoms. The zero-order valence-electron chi connectivity index (χ0n) is 12.5. The van der Waals surface area contributed by atoms with Crippen LogP contribution < -0.4 is 10.9 Å². The number of hydrazine groups is 1. The number of nitrogens with zero attached hydrogens (tertiary/aromatic N) is 2. The lowest BCUT2D eigenvalue weighted by atomic mass is 9.90. The summed E-state index contributed by atoms with van der Waals surface area (Å²) in [5.41, 5.74) is 5.44. The van der Waals surface area contributed by atoms with Crippen LogP contribution in [0.4, 0.5) is 0 Å². The summed E-state index contributed by atoms with van der Waals surface area (Å²) in [5, 5.41) is 10.8. The molecule has 6 nitrogen and oxygen atoms in total. The number of aromatic nitrogens is 1. The van der Waals surface area contributed by atoms with E-state index in [0.717, 1.165) is 18.4 Å². The van der Waals surface area contributed by atoms with E-state index < -0.39 is 5.72 Å². The van der Waals surface area contributed by atoms with E-state index in [4.69, 9.17) is 0 Å². The van der Waals surface area contributed by atoms with E-state index in [-0.39, 0.29) is 23.9 Å². The summed E-state index contributed by atoms with van der Waals surface area (Å²) in [5.74, 6) is -0.366. The molecule has 2 saturated heterocycles. The van der Waals surface area contributed by atoms with Crippen molar-refractivity contribution in [3.8, 4) is 0 Å². The molecule has 3 fully saturated rings. The molecule has 3 aliphatic rings. The van der Waals surface area contributed by atoms with Crippen LogP contribution in [-0.2, 0) is 4.79 Å². The summed E-state index contributed by atoms with van der Waals surface area (Å²) >= 11 is 0. The topological polar surface area (TPSA) is 77.5 Å². The predicted octanol–water partition coefficient (Wildman–Crippen LogP) is 0.710. The van der Waals surface area contributed by atoms with Crippen LogP contribution in [0.3, 0.4) is 0 Å². The number of rotatable bonds is 2. The average molecular weight is 302 g/mol. The number of pyridine rings is 1. The Bertz CT molecular complexity index is 561. The van der Waals surface area contributed by atoms with Crippen molar-refractivity contribution in [2.45, 2.75) is 49.9 Å². The monoisotopic (exact) mass is 302 g/mol. The number of aliphatic hydroxyl groups is 1. The Hall–Kier alpha value is -1.50. The molecule has 2 aliphatic heterocycles. The van der Waals surface area contributed by atoms with Gasteiger partial charge in [0.2, 0.25) is 5.72 Å². The molecule has 4 rings (SSSR count). The molecule has 1 saturated carbocycles. The van der Waals surface area contributed by atoms with Crippen molar-refractivity contribution < 1.29 is 9.90 Å². The second kappa shape index (κ2) is 5.30. The first-order chi connectivity index (χ1) is 10.7. The van der Waals surface area contributed by atoms with Crippen LogP contribution in [0.25, 0.3) is 0 Å². The van der Waals surface area contributed by atoms with Gasteiger partial charge in [0.25, 0.3) is 5.91 Å². The van der Waals surface area contributed by atoms with Gasteiger partial charge in [-0.3, -0.25) is 9.78 Å². The highest BCUT2D eigenvalue weighted by Gasteiger charge is 2.61. The lowest BCUT2D eigenvalue weighted by Crippen LogP contribution is -2.54. The van der Waals surface area contributed by atoms with Crippen molar-refractivity contribution in [1.82, 2.24) is 20.7 Å². The molecule has 0 bridgehead atoms. The van der Waals surface area contributed by atoms with E-state index >= 15 is 0 Å². The number of hydrogen-bond acceptors (Lipinski definition) is 5. The van der Waals surface area contributed by atoms with Gasteiger partial charge >= 0.3 is 0 Å². The molecule has 1 aliphatic carbocycles. The molecule has 1 aromatic heterocycles. The molecule has 0 radical (unpaired) electrons. The van der Waals surface area contributed by atoms with Crippen LogP contribution in [0, 0.1) is 5.92 Å². The average Bonchev–Trinajstić information content (AvgIpc) is 3.03. The fourth-order valence-electron chi connectivity index (χ4n) is 4.17. The summed E-state index contributed by atoms with van der Waals surface area (Å²) in [6.07, 6.45) is 9.24. The SMILES string of the molecule is O=C1N(C2CCCCC2)C[C@@H]2[C@@H](c3cccnc3)NN[C@@]12O. The third-order valence-corrected chi connectivity index (χ3v) is 5.40. The minimum absolute atomic E-state index is 0.101. The molecule has 3 heterocycles. The summed E-state index contributed by atoms with van der Waals surface area (Å²) in [6, 6.07) is 4.04. The van der Waals surface area contributed by atoms with E-state index in [1.807, 2.05) is 17.0 Å². The molecule has 0 unspecified atom stereocenters. The molecule has 0 spiro atoms. The Kier molecular flexibility index (Phi) is 3.40. The Morgan fingerprint density at radius 3 is 2.86 bits per heavy atom. The van der Waals surface area contributed by atoms with Crippen molar-refractivity contribution in [2.24, 2.45) is 5.92 Å². The highest BCUT2D eigenvalue weighted by Crippen LogP contribution is 2.42. The molecular weight excluding hydrogens is 280 g/mol. The fraction of sp³-hybridized carbons (Fsp3) is 0.625. The largest absolute Gasteiger partial charge is 0.366 e. The first-order valence-corrected chi connectivity index (χ1v) is 8.16. The van der Waals surface area contributed by atoms with E-state index in [1.54, 1.807) is 12.4 Å². The third-order valence-electron chi connectivity index (χ3n) is 5.40. The first kappa shape index (κ1) is 14.1. The van der Waals surface area contributed by atoms with Gasteiger partial charge in [-0.05, 0) is 24.5 Å². The Morgan fingerprint density at radius 2 is 2.14 bits per heavy atom. The van der Waals surface area contributed by atoms with Crippen molar-refractivity contribution in [2.75, 3.05) is 6.54 Å². The van der Waals surface area contributed by atoms with Crippen LogP contribution in [0.2, 0.25) is 0 Å². The third kappa shape index (κ3) is 2.06. The van der Waals surface area contributed by atoms with E-state index in [0.29, 0.717) is 6.54 Å². The van der Waals surface area contributed by atoms with E-state index in [1.165, 1.54) is 19.3 Å². The zero-order valence-corrected chi connectivity index (χ0v) is 12.5. The van der Waals surface area contributed by atoms with Crippen LogP contribution in [0.1, 0.15) is 43.7 Å². The van der Waals surface area contributed by atoms with Gasteiger partial charge < -0.3 is 10.0 Å². The smallest absolute Gasteiger partial charge is 0.271 e. The molecule has 3 atom stereocenters. The lowest BCUT2D eigenvalue weighted by Gasteiger charge is -2.32. The molecule has 1 amide bonds. The van der Waals surface area contributed by atoms with Crippen LogP contribution >= 0.6 is 0 Å². The number of amides is 1. The van der Waals surface area contributed by atoms with Gasteiger partial charge in [-0.1, -0.05) is 25.3 Å². The van der Waals surface area contributed by atoms with Crippen LogP contribution in [0.15, 0.2) is 24.5 Å². The number of fused-ring (bicyclic) bond motifs is 1. The summed E-state index contributed by atoms with van der Waals surface area (Å²) in [6.45, 7) is 0.597. The maximum absolute atomic E-state index is 12.7. The predicted molar refractivity (Wildman–Crippen MR) is 80.3 cm³/mol. The van der Waals surface area contributed by atoms with Gasteiger partial charge in [-0.2, -0.15) is 0 Å². The Balaban J connectivity index is 1.59. The van der Waals surface area contributed by atoms with Crippen molar-refractivity contribution >= 4 is 5.91 Å². The van der Waals surface area contributed by atoms with Crippen molar-refractivity contribution in [3.05, 3.63) is 30.1 Å². The number of carbonyl (C=O) groups is 1. The van der Waals surface area contributed by atoms with E-state index in [2.05, 4.69) is 15.8 Å². The van der Waals surface area contributed by atoms with Crippen LogP contribution in [0.5, 0.6) is 0 Å². The minimum Gasteiger partial charge on any atom is -0.366 e. The quantitative estimate of drug-likeness (QED) is 0.750. The van der Waals surface area contributed by atoms with Crippen LogP contribution in [-0.4, -0.2) is 39.2 Å². The second-order valence-corrected chi connectivity index (χ2v) is 6.66. The van der Waals surface area contributed by atoms with Gasteiger partial charge in [-0.25, -0.2) is 10.9 Å². The maximum atomic E-state index is 12.7. The van der Waals surface area contributed by atoms with Gasteiger partial charge in [0, 0.05) is 25.0 Å². The lowest BCUT2D eigenvalue weighted by molar-refractivity contribution is -0.149. The van der Waals surface area contributed by atoms with Gasteiger partial charge in [0.1, 0.15) is 0 Å². The Morgan fingerprint density at radius 1 is 1.32 bits per heavy atom. The second-order valence-electron chi connectivity index (χ2n) is 6.66. The molecule has 118 valence electrons. The molecule has 3 N–H and O–H groups in total. The number of likely N-dealkylation sites (tertiary alicyclic amines) is 1. The number of hydrogen-bond donors (Lipinski definition) is 3. The highest BCUT2D eigenvalue weighted by molar-refractivity contribution is 5.88. The number of carbonyl (C=O) groups excluding carboxylic acids is 1. The maximum Gasteiger partial charge on any atom is 0.271 e. The fourth-order valence-corrected chi connectivity index (χ4v) is 4.17. The van der Waals surface area contributed by atoms with Gasteiger partial charge in [0.15, 0.2) is 0 Å². The van der Waals surface area contributed by atoms with Gasteiger partial charge in [-0.15, -0.1) is 0 Å². The molecular formula is C16H22N4O2. The highest BCUT2D eigenvalue weighted by atomic mass is 16.3. The number of nitrogens with one attached hydrogen (secondary N) is 2. The first-order valence-electron chi connectivity index (χ1n) is 8.16. The molecule has 22 heavy (non-hydrogen) atoms. The normalized spacial score (nSPS) is 35.9. The molecule has 1 aromatic rings. The Labute approximate surface area is 129 Å². The standard InChI is InChI=1S/C16H22N4O2/c21-15-16(22)13(10-20(15)12-6-2-1-3-7-12)14(18-19-16)11-5-4-8-17-9-11/h4-5,8-9,12-14,18-19,22H,1-3,6-7,10H2/t13-,14-,16+/m1/s1. The summed E-state index contributed by atoms with van der Waals surface area (Å²) in [7, 11) is 0. The van der Waals surface area contributed by atoms with E-state index in [9.17, 15) is 9.90 Å². The van der Waals surface area contributed by atoms with Gasteiger partial charge in [0.05, 0.1) is 12.0 Å². The zero-order chi connectivity index (χ0) is 15.2. The molecule has 0 aromatic carbocycles. The summed E-state index contributed by atoms with van der Waals surface area (Å²) in [4.78, 5) is 18.8. The summed E-state index contributed by atoms with van der Waals surface area (Å²) < 4.78 is 0.